The smallest absolute Gasteiger partial charge is 0.253 e. The van der Waals surface area contributed by atoms with Crippen LogP contribution >= 0.6 is 15.9 Å². The average molecular weight is 481 g/mol. The van der Waals surface area contributed by atoms with Crippen LogP contribution < -0.4 is 10.6 Å². The lowest BCUT2D eigenvalue weighted by atomic mass is 10.0. The highest BCUT2D eigenvalue weighted by Gasteiger charge is 2.24. The van der Waals surface area contributed by atoms with Crippen LogP contribution in [0.25, 0.3) is 0 Å². The molecule has 0 saturated carbocycles. The van der Waals surface area contributed by atoms with Crippen LogP contribution in [0, 0.1) is 0 Å². The molecule has 1 atom stereocenters. The first-order valence-electron chi connectivity index (χ1n) is 9.21. The van der Waals surface area contributed by atoms with E-state index in [1.807, 2.05) is 12.1 Å². The first-order valence-corrected chi connectivity index (χ1v) is 12.1. The van der Waals surface area contributed by atoms with Crippen LogP contribution in [0.3, 0.4) is 0 Å². The Morgan fingerprint density at radius 2 is 1.66 bits per heavy atom. The fraction of sp³-hybridized carbons (Fsp3) is 0.333. The minimum atomic E-state index is -3.29. The summed E-state index contributed by atoms with van der Waals surface area (Å²) in [7, 11) is -3.29. The van der Waals surface area contributed by atoms with E-state index in [-0.39, 0.29) is 12.2 Å². The van der Waals surface area contributed by atoms with Crippen molar-refractivity contribution in [1.82, 2.24) is 5.32 Å². The Bertz CT molecular complexity index is 972. The van der Waals surface area contributed by atoms with Gasteiger partial charge in [0.05, 0.1) is 11.3 Å². The van der Waals surface area contributed by atoms with Gasteiger partial charge in [0.2, 0.25) is 5.91 Å². The molecule has 2 N–H and O–H groups in total. The zero-order chi connectivity index (χ0) is 21.6. The Labute approximate surface area is 180 Å². The van der Waals surface area contributed by atoms with Gasteiger partial charge in [-0.25, -0.2) is 8.42 Å². The summed E-state index contributed by atoms with van der Waals surface area (Å²) in [5, 5.41) is 5.41. The highest BCUT2D eigenvalue weighted by molar-refractivity contribution is 9.10. The molecular weight excluding hydrogens is 456 g/mol. The topological polar surface area (TPSA) is 92.3 Å². The normalized spacial score (nSPS) is 12.4. The van der Waals surface area contributed by atoms with E-state index in [1.165, 1.54) is 0 Å². The summed E-state index contributed by atoms with van der Waals surface area (Å²) in [6, 6.07) is 13.3. The molecule has 0 aliphatic heterocycles. The number of carbonyl (C=O) groups is 2. The van der Waals surface area contributed by atoms with Gasteiger partial charge in [0.15, 0.2) is 0 Å². The second-order valence-corrected chi connectivity index (χ2v) is 10.3. The maximum absolute atomic E-state index is 12.8. The third-order valence-electron chi connectivity index (χ3n) is 4.36. The zero-order valence-corrected chi connectivity index (χ0v) is 19.0. The van der Waals surface area contributed by atoms with Crippen molar-refractivity contribution in [2.24, 2.45) is 0 Å². The summed E-state index contributed by atoms with van der Waals surface area (Å²) < 4.78 is 23.7. The number of sulfone groups is 1. The molecule has 6 nitrogen and oxygen atoms in total. The largest absolute Gasteiger partial charge is 0.340 e. The lowest BCUT2D eigenvalue weighted by Gasteiger charge is -2.19. The van der Waals surface area contributed by atoms with E-state index in [4.69, 9.17) is 0 Å². The number of rotatable bonds is 8. The molecule has 0 radical (unpaired) electrons. The number of anilines is 1. The molecule has 0 aromatic heterocycles. The van der Waals surface area contributed by atoms with Crippen LogP contribution in [0.2, 0.25) is 0 Å². The van der Waals surface area contributed by atoms with Crippen molar-refractivity contribution < 1.29 is 18.0 Å². The average Bonchev–Trinajstić information content (AvgIpc) is 2.64. The molecule has 2 aromatic rings. The van der Waals surface area contributed by atoms with Gasteiger partial charge >= 0.3 is 0 Å². The van der Waals surface area contributed by atoms with Crippen LogP contribution in [-0.2, 0) is 14.6 Å². The van der Waals surface area contributed by atoms with Crippen molar-refractivity contribution in [3.05, 3.63) is 64.1 Å². The molecule has 0 spiro atoms. The number of nitrogens with one attached hydrogen (secondary N) is 2. The number of hydrogen-bond acceptors (Lipinski definition) is 4. The molecule has 0 aliphatic rings. The summed E-state index contributed by atoms with van der Waals surface area (Å²) in [5.74, 6) is -0.772. The van der Waals surface area contributed by atoms with Crippen molar-refractivity contribution in [2.75, 3.05) is 17.3 Å². The van der Waals surface area contributed by atoms with Gasteiger partial charge in [-0.3, -0.25) is 9.59 Å². The highest BCUT2D eigenvalue weighted by Crippen LogP contribution is 2.18. The van der Waals surface area contributed by atoms with Gasteiger partial charge in [0, 0.05) is 16.4 Å². The maximum atomic E-state index is 12.8. The van der Waals surface area contributed by atoms with Crippen LogP contribution in [0.5, 0.6) is 0 Å². The molecule has 0 saturated heterocycles. The fourth-order valence-electron chi connectivity index (χ4n) is 2.66. The molecule has 0 heterocycles. The van der Waals surface area contributed by atoms with Crippen LogP contribution in [0.15, 0.2) is 53.0 Å². The van der Waals surface area contributed by atoms with Crippen molar-refractivity contribution in [1.29, 1.82) is 0 Å². The second kappa shape index (κ2) is 10.0. The van der Waals surface area contributed by atoms with Gasteiger partial charge in [-0.2, -0.15) is 0 Å². The molecule has 0 unspecified atom stereocenters. The molecule has 0 aliphatic carbocycles. The van der Waals surface area contributed by atoms with Gasteiger partial charge in [0.1, 0.15) is 15.9 Å². The van der Waals surface area contributed by atoms with E-state index in [0.29, 0.717) is 21.6 Å². The van der Waals surface area contributed by atoms with Crippen LogP contribution in [0.1, 0.15) is 42.1 Å². The predicted octanol–water partition coefficient (Wildman–Crippen LogP) is 3.74. The first kappa shape index (κ1) is 23.1. The Hall–Kier alpha value is -2.19. The monoisotopic (exact) mass is 480 g/mol. The van der Waals surface area contributed by atoms with Gasteiger partial charge in [0.25, 0.3) is 5.91 Å². The molecule has 0 fully saturated rings. The van der Waals surface area contributed by atoms with E-state index >= 15 is 0 Å². The van der Waals surface area contributed by atoms with Crippen molar-refractivity contribution in [3.8, 4) is 0 Å². The third kappa shape index (κ3) is 7.29. The first-order chi connectivity index (χ1) is 13.6. The Morgan fingerprint density at radius 3 is 2.21 bits per heavy atom. The second-order valence-electron chi connectivity index (χ2n) is 7.19. The third-order valence-corrected chi connectivity index (χ3v) is 6.03. The zero-order valence-electron chi connectivity index (χ0n) is 16.6. The molecule has 8 heteroatoms. The quantitative estimate of drug-likeness (QED) is 0.601. The van der Waals surface area contributed by atoms with E-state index in [9.17, 15) is 18.0 Å². The fourth-order valence-corrected chi connectivity index (χ4v) is 3.79. The lowest BCUT2D eigenvalue weighted by molar-refractivity contribution is -0.118. The summed E-state index contributed by atoms with van der Waals surface area (Å²) in [6.45, 7) is 4.15. The van der Waals surface area contributed by atoms with Gasteiger partial charge in [-0.15, -0.1) is 0 Å². The van der Waals surface area contributed by atoms with Crippen molar-refractivity contribution in [3.63, 3.8) is 0 Å². The summed E-state index contributed by atoms with van der Waals surface area (Å²) in [6.07, 6.45) is 1.08. The predicted molar refractivity (Wildman–Crippen MR) is 119 cm³/mol. The van der Waals surface area contributed by atoms with E-state index in [1.54, 1.807) is 36.4 Å². The summed E-state index contributed by atoms with van der Waals surface area (Å²) in [4.78, 5) is 25.4. The summed E-state index contributed by atoms with van der Waals surface area (Å²) in [5.41, 5.74) is 2.09. The number of halogens is 1. The number of hydrogen-bond donors (Lipinski definition) is 2. The van der Waals surface area contributed by atoms with E-state index < -0.39 is 27.7 Å². The standard InChI is InChI=1S/C21H25BrN2O4S/c1-14(2)15-8-10-16(11-9-15)23-21(26)19(12-13-29(3,27)28)24-20(25)17-6-4-5-7-18(17)22/h4-11,14,19H,12-13H2,1-3H3,(H,23,26)(H,24,25)/t19-/m0/s1. The highest BCUT2D eigenvalue weighted by atomic mass is 79.9. The molecule has 2 rings (SSSR count). The van der Waals surface area contributed by atoms with Crippen LogP contribution in [-0.4, -0.2) is 38.3 Å². The molecule has 2 amide bonds. The molecule has 29 heavy (non-hydrogen) atoms. The van der Waals surface area contributed by atoms with E-state index in [0.717, 1.165) is 11.8 Å². The molecular formula is C21H25BrN2O4S. The molecule has 156 valence electrons. The Balaban J connectivity index is 2.16. The SMILES string of the molecule is CC(C)c1ccc(NC(=O)[C@H](CCS(C)(=O)=O)NC(=O)c2ccccc2Br)cc1. The Kier molecular flexibility index (Phi) is 7.98. The van der Waals surface area contributed by atoms with Gasteiger partial charge in [-0.1, -0.05) is 38.1 Å². The number of amides is 2. The lowest BCUT2D eigenvalue weighted by Crippen LogP contribution is -2.44. The maximum Gasteiger partial charge on any atom is 0.253 e. The van der Waals surface area contributed by atoms with E-state index in [2.05, 4.69) is 40.4 Å². The van der Waals surface area contributed by atoms with Crippen LogP contribution in [0.4, 0.5) is 5.69 Å². The van der Waals surface area contributed by atoms with Crippen molar-refractivity contribution >= 4 is 43.3 Å². The molecule has 0 bridgehead atoms. The van der Waals surface area contributed by atoms with Gasteiger partial charge < -0.3 is 10.6 Å². The summed E-state index contributed by atoms with van der Waals surface area (Å²) >= 11 is 3.31. The van der Waals surface area contributed by atoms with Crippen molar-refractivity contribution in [2.45, 2.75) is 32.2 Å². The number of benzene rings is 2. The minimum absolute atomic E-state index is 0.0229. The van der Waals surface area contributed by atoms with Gasteiger partial charge in [-0.05, 0) is 58.1 Å². The minimum Gasteiger partial charge on any atom is -0.340 e. The number of carbonyl (C=O) groups excluding carboxylic acids is 2. The molecule has 2 aromatic carbocycles. The Morgan fingerprint density at radius 1 is 1.03 bits per heavy atom.